The molecule has 1 amide bonds. The fraction of sp³-hybridized carbons (Fsp3) is 0.316. The fourth-order valence-corrected chi connectivity index (χ4v) is 2.05. The standard InChI is InChI=1S/C19H23N3O3/c1-4-25-19(24)14-5-7-15(8-6-14)22-18(23)17-10-9-16(12-21-17)20-11-13(2)3/h5-10,12-13,20H,4,11H2,1-3H3,(H,22,23). The summed E-state index contributed by atoms with van der Waals surface area (Å²) < 4.78 is 4.92. The Hall–Kier alpha value is -2.89. The van der Waals surface area contributed by atoms with Crippen LogP contribution < -0.4 is 10.6 Å². The molecule has 0 atom stereocenters. The minimum absolute atomic E-state index is 0.306. The minimum atomic E-state index is -0.383. The fourth-order valence-electron chi connectivity index (χ4n) is 2.05. The van der Waals surface area contributed by atoms with Gasteiger partial charge >= 0.3 is 5.97 Å². The number of anilines is 2. The van der Waals surface area contributed by atoms with Crippen molar-refractivity contribution in [3.05, 3.63) is 53.9 Å². The predicted molar refractivity (Wildman–Crippen MR) is 97.9 cm³/mol. The average Bonchev–Trinajstić information content (AvgIpc) is 2.61. The summed E-state index contributed by atoms with van der Waals surface area (Å²) in [5.74, 6) is -0.161. The van der Waals surface area contributed by atoms with Crippen LogP contribution in [-0.2, 0) is 4.74 Å². The van der Waals surface area contributed by atoms with E-state index in [0.717, 1.165) is 12.2 Å². The van der Waals surface area contributed by atoms with E-state index in [4.69, 9.17) is 4.74 Å². The first kappa shape index (κ1) is 18.4. The van der Waals surface area contributed by atoms with Crippen molar-refractivity contribution < 1.29 is 14.3 Å². The van der Waals surface area contributed by atoms with E-state index in [1.54, 1.807) is 43.5 Å². The van der Waals surface area contributed by atoms with Gasteiger partial charge in [-0.3, -0.25) is 4.79 Å². The van der Waals surface area contributed by atoms with E-state index in [1.165, 1.54) is 0 Å². The van der Waals surface area contributed by atoms with Gasteiger partial charge in [0.25, 0.3) is 5.91 Å². The smallest absolute Gasteiger partial charge is 0.338 e. The van der Waals surface area contributed by atoms with Crippen LogP contribution >= 0.6 is 0 Å². The molecule has 0 aliphatic rings. The molecule has 132 valence electrons. The van der Waals surface area contributed by atoms with Gasteiger partial charge < -0.3 is 15.4 Å². The summed E-state index contributed by atoms with van der Waals surface area (Å²) in [5.41, 5.74) is 2.23. The van der Waals surface area contributed by atoms with Crippen LogP contribution in [-0.4, -0.2) is 30.0 Å². The van der Waals surface area contributed by atoms with Gasteiger partial charge in [-0.2, -0.15) is 0 Å². The van der Waals surface area contributed by atoms with Crippen molar-refractivity contribution in [1.82, 2.24) is 4.98 Å². The lowest BCUT2D eigenvalue weighted by Gasteiger charge is -2.09. The number of pyridine rings is 1. The number of aromatic nitrogens is 1. The topological polar surface area (TPSA) is 80.3 Å². The zero-order chi connectivity index (χ0) is 18.2. The molecule has 0 aliphatic heterocycles. The van der Waals surface area contributed by atoms with E-state index >= 15 is 0 Å². The number of hydrogen-bond donors (Lipinski definition) is 2. The molecule has 2 aromatic rings. The third kappa shape index (κ3) is 5.60. The molecule has 0 saturated heterocycles. The summed E-state index contributed by atoms with van der Waals surface area (Å²) in [6.07, 6.45) is 1.64. The van der Waals surface area contributed by atoms with Crippen molar-refractivity contribution in [2.24, 2.45) is 5.92 Å². The van der Waals surface area contributed by atoms with Crippen molar-refractivity contribution in [2.45, 2.75) is 20.8 Å². The highest BCUT2D eigenvalue weighted by molar-refractivity contribution is 6.03. The third-order valence-electron chi connectivity index (χ3n) is 3.36. The molecule has 0 fully saturated rings. The van der Waals surface area contributed by atoms with E-state index in [2.05, 4.69) is 29.5 Å². The van der Waals surface area contributed by atoms with Gasteiger partial charge in [-0.15, -0.1) is 0 Å². The second-order valence-electron chi connectivity index (χ2n) is 5.96. The van der Waals surface area contributed by atoms with Crippen molar-refractivity contribution >= 4 is 23.3 Å². The van der Waals surface area contributed by atoms with Gasteiger partial charge in [0, 0.05) is 12.2 Å². The monoisotopic (exact) mass is 341 g/mol. The third-order valence-corrected chi connectivity index (χ3v) is 3.36. The zero-order valence-electron chi connectivity index (χ0n) is 14.7. The molecule has 0 aliphatic carbocycles. The molecular formula is C19H23N3O3. The Balaban J connectivity index is 1.96. The number of nitrogens with one attached hydrogen (secondary N) is 2. The lowest BCUT2D eigenvalue weighted by atomic mass is 10.2. The van der Waals surface area contributed by atoms with Crippen LogP contribution in [0.15, 0.2) is 42.6 Å². The number of nitrogens with zero attached hydrogens (tertiary/aromatic N) is 1. The second kappa shape index (κ2) is 8.82. The van der Waals surface area contributed by atoms with Crippen molar-refractivity contribution in [1.29, 1.82) is 0 Å². The first-order valence-corrected chi connectivity index (χ1v) is 8.28. The summed E-state index contributed by atoms with van der Waals surface area (Å²) in [6.45, 7) is 7.17. The lowest BCUT2D eigenvalue weighted by Crippen LogP contribution is -2.14. The van der Waals surface area contributed by atoms with E-state index in [0.29, 0.717) is 29.5 Å². The van der Waals surface area contributed by atoms with E-state index in [-0.39, 0.29) is 11.9 Å². The highest BCUT2D eigenvalue weighted by Crippen LogP contribution is 2.13. The molecule has 0 saturated carbocycles. The lowest BCUT2D eigenvalue weighted by molar-refractivity contribution is 0.0526. The van der Waals surface area contributed by atoms with Gasteiger partial charge in [-0.1, -0.05) is 13.8 Å². The molecular weight excluding hydrogens is 318 g/mol. The van der Waals surface area contributed by atoms with Crippen LogP contribution in [0.4, 0.5) is 11.4 Å². The zero-order valence-corrected chi connectivity index (χ0v) is 14.7. The van der Waals surface area contributed by atoms with Crippen LogP contribution in [0.5, 0.6) is 0 Å². The molecule has 25 heavy (non-hydrogen) atoms. The first-order chi connectivity index (χ1) is 12.0. The van der Waals surface area contributed by atoms with Crippen molar-refractivity contribution in [3.63, 3.8) is 0 Å². The van der Waals surface area contributed by atoms with E-state index in [1.807, 2.05) is 6.07 Å². The Bertz CT molecular complexity index is 710. The summed E-state index contributed by atoms with van der Waals surface area (Å²) >= 11 is 0. The van der Waals surface area contributed by atoms with Crippen LogP contribution in [0.1, 0.15) is 41.6 Å². The van der Waals surface area contributed by atoms with Gasteiger partial charge in [0.1, 0.15) is 5.69 Å². The highest BCUT2D eigenvalue weighted by Gasteiger charge is 2.10. The molecule has 1 aromatic heterocycles. The summed E-state index contributed by atoms with van der Waals surface area (Å²) in [5, 5.41) is 6.00. The maximum absolute atomic E-state index is 12.2. The van der Waals surface area contributed by atoms with Crippen LogP contribution in [0.2, 0.25) is 0 Å². The summed E-state index contributed by atoms with van der Waals surface area (Å²) in [7, 11) is 0. The minimum Gasteiger partial charge on any atom is -0.462 e. The van der Waals surface area contributed by atoms with Gasteiger partial charge in [0.05, 0.1) is 24.1 Å². The Labute approximate surface area is 147 Å². The van der Waals surface area contributed by atoms with Crippen LogP contribution in [0.3, 0.4) is 0 Å². The summed E-state index contributed by atoms with van der Waals surface area (Å²) in [6, 6.07) is 10.0. The first-order valence-electron chi connectivity index (χ1n) is 8.28. The van der Waals surface area contributed by atoms with Gasteiger partial charge in [-0.05, 0) is 49.2 Å². The highest BCUT2D eigenvalue weighted by atomic mass is 16.5. The number of carbonyl (C=O) groups is 2. The van der Waals surface area contributed by atoms with Gasteiger partial charge in [0.2, 0.25) is 0 Å². The van der Waals surface area contributed by atoms with Crippen LogP contribution in [0.25, 0.3) is 0 Å². The van der Waals surface area contributed by atoms with E-state index < -0.39 is 0 Å². The molecule has 6 nitrogen and oxygen atoms in total. The second-order valence-corrected chi connectivity index (χ2v) is 5.96. The number of carbonyl (C=O) groups excluding carboxylic acids is 2. The Morgan fingerprint density at radius 2 is 1.76 bits per heavy atom. The molecule has 0 spiro atoms. The molecule has 2 N–H and O–H groups in total. The quantitative estimate of drug-likeness (QED) is 0.753. The molecule has 1 heterocycles. The van der Waals surface area contributed by atoms with Gasteiger partial charge in [-0.25, -0.2) is 9.78 Å². The number of ether oxygens (including phenoxy) is 1. The molecule has 0 radical (unpaired) electrons. The number of benzene rings is 1. The molecule has 2 rings (SSSR count). The van der Waals surface area contributed by atoms with Crippen LogP contribution in [0, 0.1) is 5.92 Å². The average molecular weight is 341 g/mol. The number of hydrogen-bond acceptors (Lipinski definition) is 5. The van der Waals surface area contributed by atoms with Gasteiger partial charge in [0.15, 0.2) is 0 Å². The van der Waals surface area contributed by atoms with E-state index in [9.17, 15) is 9.59 Å². The molecule has 6 heteroatoms. The number of amides is 1. The number of esters is 1. The Kier molecular flexibility index (Phi) is 6.51. The molecule has 0 bridgehead atoms. The maximum Gasteiger partial charge on any atom is 0.338 e. The predicted octanol–water partition coefficient (Wildman–Crippen LogP) is 3.58. The molecule has 1 aromatic carbocycles. The normalized spacial score (nSPS) is 10.4. The molecule has 0 unspecified atom stereocenters. The van der Waals surface area contributed by atoms with Crippen molar-refractivity contribution in [2.75, 3.05) is 23.8 Å². The SMILES string of the molecule is CCOC(=O)c1ccc(NC(=O)c2ccc(NCC(C)C)cn2)cc1. The van der Waals surface area contributed by atoms with Crippen molar-refractivity contribution in [3.8, 4) is 0 Å². The Morgan fingerprint density at radius 3 is 2.32 bits per heavy atom. The summed E-state index contributed by atoms with van der Waals surface area (Å²) in [4.78, 5) is 28.0. The Morgan fingerprint density at radius 1 is 1.08 bits per heavy atom. The maximum atomic E-state index is 12.2. The number of rotatable bonds is 7. The largest absolute Gasteiger partial charge is 0.462 e.